The quantitative estimate of drug-likeness (QED) is 0.825. The molecule has 4 nitrogen and oxygen atoms in total. The Bertz CT molecular complexity index is 443. The monoisotopic (exact) mass is 230 g/mol. The predicted molar refractivity (Wildman–Crippen MR) is 61.7 cm³/mol. The summed E-state index contributed by atoms with van der Waals surface area (Å²) in [7, 11) is 0. The smallest absolute Gasteiger partial charge is 0.132 e. The van der Waals surface area contributed by atoms with Gasteiger partial charge < -0.3 is 14.8 Å². The van der Waals surface area contributed by atoms with Gasteiger partial charge in [-0.15, -0.1) is 0 Å². The molecule has 1 aliphatic heterocycles. The van der Waals surface area contributed by atoms with E-state index in [1.54, 1.807) is 12.1 Å². The van der Waals surface area contributed by atoms with Crippen LogP contribution in [0.1, 0.15) is 12.0 Å². The van der Waals surface area contributed by atoms with Crippen molar-refractivity contribution in [3.63, 3.8) is 0 Å². The van der Waals surface area contributed by atoms with Gasteiger partial charge in [-0.05, 0) is 24.3 Å². The van der Waals surface area contributed by atoms with Crippen molar-refractivity contribution in [3.05, 3.63) is 29.8 Å². The highest BCUT2D eigenvalue weighted by Gasteiger charge is 2.58. The molecule has 17 heavy (non-hydrogen) atoms. The zero-order chi connectivity index (χ0) is 11.7. The second-order valence-corrected chi connectivity index (χ2v) is 4.54. The van der Waals surface area contributed by atoms with Crippen LogP contribution < -0.4 is 10.1 Å². The molecule has 1 heterocycles. The van der Waals surface area contributed by atoms with Gasteiger partial charge in [0.05, 0.1) is 18.2 Å². The molecule has 3 rings (SSSR count). The second-order valence-electron chi connectivity index (χ2n) is 4.54. The third kappa shape index (κ3) is 1.99. The Hall–Kier alpha value is -1.57. The first-order valence-corrected chi connectivity index (χ1v) is 5.84. The summed E-state index contributed by atoms with van der Waals surface area (Å²) in [4.78, 5) is 0. The molecule has 0 radical (unpaired) electrons. The Labute approximate surface area is 100 Å². The van der Waals surface area contributed by atoms with Gasteiger partial charge in [-0.25, -0.2) is 0 Å². The van der Waals surface area contributed by atoms with E-state index in [4.69, 9.17) is 14.7 Å². The van der Waals surface area contributed by atoms with Gasteiger partial charge >= 0.3 is 0 Å². The highest BCUT2D eigenvalue weighted by atomic mass is 16.6. The second kappa shape index (κ2) is 4.02. The molecule has 1 aromatic rings. The normalized spacial score (nSPS) is 30.9. The van der Waals surface area contributed by atoms with E-state index in [1.807, 2.05) is 12.1 Å². The van der Waals surface area contributed by atoms with Crippen LogP contribution in [-0.2, 0) is 4.74 Å². The van der Waals surface area contributed by atoms with Crippen molar-refractivity contribution >= 4 is 0 Å². The van der Waals surface area contributed by atoms with E-state index in [1.165, 1.54) is 0 Å². The van der Waals surface area contributed by atoms with E-state index in [-0.39, 0.29) is 11.7 Å². The third-order valence-electron chi connectivity index (χ3n) is 3.31. The van der Waals surface area contributed by atoms with E-state index in [0.29, 0.717) is 5.56 Å². The molecule has 0 amide bonds. The molecule has 0 aromatic heterocycles. The standard InChI is InChI=1S/C13H14N2O2/c14-8-10-1-3-11(4-2-10)17-12-7-13(12)9-15-5-6-16-13/h1-4,12,15H,5-7,9H2/t12-,13+/m0/s1. The van der Waals surface area contributed by atoms with Crippen LogP contribution in [0, 0.1) is 11.3 Å². The van der Waals surface area contributed by atoms with Crippen molar-refractivity contribution in [2.45, 2.75) is 18.1 Å². The predicted octanol–water partition coefficient (Wildman–Crippen LogP) is 1.07. The summed E-state index contributed by atoms with van der Waals surface area (Å²) >= 11 is 0. The average molecular weight is 230 g/mol. The van der Waals surface area contributed by atoms with Gasteiger partial charge in [-0.3, -0.25) is 0 Å². The fraction of sp³-hybridized carbons (Fsp3) is 0.462. The fourth-order valence-electron chi connectivity index (χ4n) is 2.19. The van der Waals surface area contributed by atoms with Gasteiger partial charge in [0.1, 0.15) is 17.5 Å². The number of nitrogens with zero attached hydrogens (tertiary/aromatic N) is 1. The van der Waals surface area contributed by atoms with Crippen LogP contribution in [0.15, 0.2) is 24.3 Å². The average Bonchev–Trinajstić information content (AvgIpc) is 3.03. The molecule has 4 heteroatoms. The van der Waals surface area contributed by atoms with Crippen molar-refractivity contribution in [2.24, 2.45) is 0 Å². The van der Waals surface area contributed by atoms with Crippen LogP contribution in [-0.4, -0.2) is 31.4 Å². The molecule has 88 valence electrons. The Balaban J connectivity index is 1.63. The van der Waals surface area contributed by atoms with Gasteiger partial charge in [0, 0.05) is 19.5 Å². The number of benzene rings is 1. The molecular formula is C13H14N2O2. The number of rotatable bonds is 2. The Morgan fingerprint density at radius 2 is 2.24 bits per heavy atom. The van der Waals surface area contributed by atoms with E-state index in [0.717, 1.165) is 31.9 Å². The Kier molecular flexibility index (Phi) is 2.50. The van der Waals surface area contributed by atoms with Crippen LogP contribution >= 0.6 is 0 Å². The number of ether oxygens (including phenoxy) is 2. The number of nitriles is 1. The lowest BCUT2D eigenvalue weighted by Gasteiger charge is -2.24. The SMILES string of the molecule is N#Cc1ccc(O[C@H]2C[C@@]23CNCCO3)cc1. The van der Waals surface area contributed by atoms with E-state index >= 15 is 0 Å². The highest BCUT2D eigenvalue weighted by Crippen LogP contribution is 2.43. The maximum atomic E-state index is 8.70. The van der Waals surface area contributed by atoms with Gasteiger partial charge in [-0.1, -0.05) is 0 Å². The maximum Gasteiger partial charge on any atom is 0.132 e. The minimum atomic E-state index is -0.105. The molecule has 2 fully saturated rings. The molecule has 1 saturated carbocycles. The van der Waals surface area contributed by atoms with Crippen molar-refractivity contribution in [1.82, 2.24) is 5.32 Å². The molecule has 1 saturated heterocycles. The Morgan fingerprint density at radius 1 is 1.41 bits per heavy atom. The molecule has 0 bridgehead atoms. The lowest BCUT2D eigenvalue weighted by Crippen LogP contribution is -2.43. The first kappa shape index (κ1) is 10.6. The van der Waals surface area contributed by atoms with Crippen LogP contribution in [0.2, 0.25) is 0 Å². The molecule has 1 aromatic carbocycles. The van der Waals surface area contributed by atoms with E-state index in [2.05, 4.69) is 11.4 Å². The molecule has 2 atom stereocenters. The van der Waals surface area contributed by atoms with Crippen LogP contribution in [0.4, 0.5) is 0 Å². The number of hydrogen-bond donors (Lipinski definition) is 1. The van der Waals surface area contributed by atoms with Gasteiger partial charge in [0.25, 0.3) is 0 Å². The van der Waals surface area contributed by atoms with Gasteiger partial charge in [0.15, 0.2) is 0 Å². The summed E-state index contributed by atoms with van der Waals surface area (Å²) < 4.78 is 11.6. The minimum Gasteiger partial charge on any atom is -0.487 e. The molecule has 0 unspecified atom stereocenters. The molecule has 1 N–H and O–H groups in total. The maximum absolute atomic E-state index is 8.70. The van der Waals surface area contributed by atoms with E-state index in [9.17, 15) is 0 Å². The zero-order valence-electron chi connectivity index (χ0n) is 9.48. The lowest BCUT2D eigenvalue weighted by molar-refractivity contribution is -0.0159. The van der Waals surface area contributed by atoms with Gasteiger partial charge in [0.2, 0.25) is 0 Å². The summed E-state index contributed by atoms with van der Waals surface area (Å²) in [6.45, 7) is 2.55. The fourth-order valence-corrected chi connectivity index (χ4v) is 2.19. The molecular weight excluding hydrogens is 216 g/mol. The number of hydrogen-bond acceptors (Lipinski definition) is 4. The molecule has 2 aliphatic rings. The first-order chi connectivity index (χ1) is 8.32. The van der Waals surface area contributed by atoms with Crippen molar-refractivity contribution < 1.29 is 9.47 Å². The van der Waals surface area contributed by atoms with Crippen LogP contribution in [0.3, 0.4) is 0 Å². The molecule has 1 aliphatic carbocycles. The largest absolute Gasteiger partial charge is 0.487 e. The topological polar surface area (TPSA) is 54.3 Å². The summed E-state index contributed by atoms with van der Waals surface area (Å²) in [6.07, 6.45) is 1.09. The van der Waals surface area contributed by atoms with Crippen molar-refractivity contribution in [3.8, 4) is 11.8 Å². The molecule has 1 spiro atoms. The highest BCUT2D eigenvalue weighted by molar-refractivity contribution is 5.35. The van der Waals surface area contributed by atoms with Gasteiger partial charge in [-0.2, -0.15) is 5.26 Å². The third-order valence-corrected chi connectivity index (χ3v) is 3.31. The summed E-state index contributed by atoms with van der Waals surface area (Å²) in [5.74, 6) is 0.806. The van der Waals surface area contributed by atoms with Crippen LogP contribution in [0.5, 0.6) is 5.75 Å². The van der Waals surface area contributed by atoms with Crippen LogP contribution in [0.25, 0.3) is 0 Å². The Morgan fingerprint density at radius 3 is 2.88 bits per heavy atom. The number of morpholine rings is 1. The van der Waals surface area contributed by atoms with Crippen molar-refractivity contribution in [2.75, 3.05) is 19.7 Å². The minimum absolute atomic E-state index is 0.105. The lowest BCUT2D eigenvalue weighted by atomic mass is 10.2. The summed E-state index contributed by atoms with van der Waals surface area (Å²) in [6, 6.07) is 9.29. The summed E-state index contributed by atoms with van der Waals surface area (Å²) in [5, 5.41) is 12.0. The van der Waals surface area contributed by atoms with E-state index < -0.39 is 0 Å². The first-order valence-electron chi connectivity index (χ1n) is 5.84. The van der Waals surface area contributed by atoms with Crippen molar-refractivity contribution in [1.29, 1.82) is 5.26 Å². The zero-order valence-corrected chi connectivity index (χ0v) is 9.48. The summed E-state index contributed by atoms with van der Waals surface area (Å²) in [5.41, 5.74) is 0.546. The number of nitrogens with one attached hydrogen (secondary N) is 1.